The first kappa shape index (κ1) is 20.2. The normalized spacial score (nSPS) is 13.2. The lowest BCUT2D eigenvalue weighted by molar-refractivity contribution is 0.103. The van der Waals surface area contributed by atoms with Crippen LogP contribution in [0.4, 0.5) is 10.5 Å². The number of nitrogens with zero attached hydrogens (tertiary/aromatic N) is 3. The molecule has 0 saturated carbocycles. The molecule has 0 spiro atoms. The quantitative estimate of drug-likeness (QED) is 0.688. The number of fused-ring (bicyclic) bond motifs is 1. The van der Waals surface area contributed by atoms with Gasteiger partial charge in [-0.2, -0.15) is 5.10 Å². The van der Waals surface area contributed by atoms with Gasteiger partial charge in [-0.25, -0.2) is 4.79 Å². The summed E-state index contributed by atoms with van der Waals surface area (Å²) in [6.45, 7) is 6.29. The van der Waals surface area contributed by atoms with Gasteiger partial charge >= 0.3 is 6.03 Å². The molecule has 30 heavy (non-hydrogen) atoms. The van der Waals surface area contributed by atoms with Crippen molar-refractivity contribution in [1.82, 2.24) is 14.7 Å². The standard InChI is InChI=1S/C24H28N4O2/c1-17-7-9-19(10-8-17)15-30-16-22-21-14-28(12-11-23(21)27(3)26-22)24(29)25-20-6-4-5-18(2)13-20/h4-10,13H,11-12,14-16H2,1-3H3,(H,25,29). The van der Waals surface area contributed by atoms with Crippen LogP contribution in [0.2, 0.25) is 0 Å². The molecule has 1 aromatic heterocycles. The van der Waals surface area contributed by atoms with E-state index < -0.39 is 0 Å². The molecule has 0 unspecified atom stereocenters. The van der Waals surface area contributed by atoms with Crippen LogP contribution in [-0.4, -0.2) is 27.3 Å². The third kappa shape index (κ3) is 4.54. The van der Waals surface area contributed by atoms with Crippen molar-refractivity contribution in [2.75, 3.05) is 11.9 Å². The first-order chi connectivity index (χ1) is 14.5. The molecule has 0 fully saturated rings. The number of carbonyl (C=O) groups excluding carboxylic acids is 1. The van der Waals surface area contributed by atoms with Gasteiger partial charge in [-0.05, 0) is 37.1 Å². The highest BCUT2D eigenvalue weighted by atomic mass is 16.5. The van der Waals surface area contributed by atoms with E-state index in [2.05, 4.69) is 41.6 Å². The largest absolute Gasteiger partial charge is 0.370 e. The number of rotatable bonds is 5. The van der Waals surface area contributed by atoms with Crippen LogP contribution in [0.1, 0.15) is 33.6 Å². The molecule has 6 nitrogen and oxygen atoms in total. The van der Waals surface area contributed by atoms with Crippen LogP contribution in [0, 0.1) is 13.8 Å². The van der Waals surface area contributed by atoms with Crippen LogP contribution >= 0.6 is 0 Å². The highest BCUT2D eigenvalue weighted by Crippen LogP contribution is 2.24. The third-order valence-corrected chi connectivity index (χ3v) is 5.51. The van der Waals surface area contributed by atoms with Gasteiger partial charge in [0.1, 0.15) is 0 Å². The second kappa shape index (κ2) is 8.71. The molecule has 2 heterocycles. The Morgan fingerprint density at radius 2 is 1.90 bits per heavy atom. The minimum absolute atomic E-state index is 0.0818. The number of urea groups is 1. The lowest BCUT2D eigenvalue weighted by atomic mass is 10.1. The van der Waals surface area contributed by atoms with Crippen molar-refractivity contribution in [3.05, 3.63) is 82.2 Å². The minimum atomic E-state index is -0.0818. The van der Waals surface area contributed by atoms with E-state index in [1.807, 2.05) is 47.8 Å². The summed E-state index contributed by atoms with van der Waals surface area (Å²) in [4.78, 5) is 14.6. The Hall–Kier alpha value is -3.12. The van der Waals surface area contributed by atoms with Crippen molar-refractivity contribution >= 4 is 11.7 Å². The Bertz CT molecular complexity index is 1040. The van der Waals surface area contributed by atoms with E-state index in [9.17, 15) is 4.79 Å². The van der Waals surface area contributed by atoms with Crippen LogP contribution < -0.4 is 5.32 Å². The van der Waals surface area contributed by atoms with Crippen molar-refractivity contribution in [3.63, 3.8) is 0 Å². The number of amides is 2. The third-order valence-electron chi connectivity index (χ3n) is 5.51. The van der Waals surface area contributed by atoms with Crippen molar-refractivity contribution in [1.29, 1.82) is 0 Å². The first-order valence-corrected chi connectivity index (χ1v) is 10.3. The zero-order valence-electron chi connectivity index (χ0n) is 17.8. The molecule has 0 atom stereocenters. The number of aryl methyl sites for hydroxylation is 3. The Morgan fingerprint density at radius 1 is 1.10 bits per heavy atom. The van der Waals surface area contributed by atoms with Gasteiger partial charge in [0.2, 0.25) is 0 Å². The second-order valence-corrected chi connectivity index (χ2v) is 7.95. The highest BCUT2D eigenvalue weighted by molar-refractivity contribution is 5.89. The maximum absolute atomic E-state index is 12.8. The molecular weight excluding hydrogens is 376 g/mol. The summed E-state index contributed by atoms with van der Waals surface area (Å²) in [7, 11) is 1.96. The zero-order chi connectivity index (χ0) is 21.1. The molecule has 3 aromatic rings. The molecule has 2 amide bonds. The predicted molar refractivity (Wildman–Crippen MR) is 117 cm³/mol. The fraction of sp³-hybridized carbons (Fsp3) is 0.333. The summed E-state index contributed by atoms with van der Waals surface area (Å²) in [5, 5.41) is 7.67. The smallest absolute Gasteiger partial charge is 0.322 e. The summed E-state index contributed by atoms with van der Waals surface area (Å²) < 4.78 is 7.86. The van der Waals surface area contributed by atoms with E-state index in [1.165, 1.54) is 11.3 Å². The summed E-state index contributed by atoms with van der Waals surface area (Å²) in [5.74, 6) is 0. The molecule has 156 valence electrons. The maximum atomic E-state index is 12.8. The molecule has 1 N–H and O–H groups in total. The maximum Gasteiger partial charge on any atom is 0.322 e. The van der Waals surface area contributed by atoms with Crippen molar-refractivity contribution in [2.24, 2.45) is 7.05 Å². The molecule has 2 aromatic carbocycles. The molecule has 1 aliphatic rings. The molecular formula is C24H28N4O2. The average molecular weight is 405 g/mol. The van der Waals surface area contributed by atoms with Crippen LogP contribution in [0.5, 0.6) is 0 Å². The summed E-state index contributed by atoms with van der Waals surface area (Å²) in [5.41, 5.74) is 7.52. The van der Waals surface area contributed by atoms with E-state index in [1.54, 1.807) is 0 Å². The van der Waals surface area contributed by atoms with E-state index in [-0.39, 0.29) is 6.03 Å². The van der Waals surface area contributed by atoms with Gasteiger partial charge in [0.25, 0.3) is 0 Å². The Morgan fingerprint density at radius 3 is 2.67 bits per heavy atom. The molecule has 0 radical (unpaired) electrons. The van der Waals surface area contributed by atoms with Gasteiger partial charge in [-0.3, -0.25) is 4.68 Å². The monoisotopic (exact) mass is 404 g/mol. The molecule has 0 saturated heterocycles. The van der Waals surface area contributed by atoms with Crippen molar-refractivity contribution in [2.45, 2.75) is 40.0 Å². The Balaban J connectivity index is 1.41. The van der Waals surface area contributed by atoms with Crippen LogP contribution in [0.3, 0.4) is 0 Å². The fourth-order valence-electron chi connectivity index (χ4n) is 3.83. The van der Waals surface area contributed by atoms with E-state index >= 15 is 0 Å². The lowest BCUT2D eigenvalue weighted by Gasteiger charge is -2.28. The van der Waals surface area contributed by atoms with Crippen LogP contribution in [0.15, 0.2) is 48.5 Å². The van der Waals surface area contributed by atoms with E-state index in [0.29, 0.717) is 26.3 Å². The molecule has 0 aliphatic carbocycles. The fourth-order valence-corrected chi connectivity index (χ4v) is 3.83. The predicted octanol–water partition coefficient (Wildman–Crippen LogP) is 4.34. The molecule has 6 heteroatoms. The van der Waals surface area contributed by atoms with Crippen LogP contribution in [0.25, 0.3) is 0 Å². The average Bonchev–Trinajstić information content (AvgIpc) is 3.04. The van der Waals surface area contributed by atoms with Gasteiger partial charge in [0, 0.05) is 37.0 Å². The summed E-state index contributed by atoms with van der Waals surface area (Å²) in [6, 6.07) is 16.1. The van der Waals surface area contributed by atoms with Gasteiger partial charge in [-0.15, -0.1) is 0 Å². The molecule has 4 rings (SSSR count). The zero-order valence-corrected chi connectivity index (χ0v) is 17.8. The minimum Gasteiger partial charge on any atom is -0.370 e. The second-order valence-electron chi connectivity index (χ2n) is 7.95. The molecule has 1 aliphatic heterocycles. The van der Waals surface area contributed by atoms with Gasteiger partial charge in [0.15, 0.2) is 0 Å². The highest BCUT2D eigenvalue weighted by Gasteiger charge is 2.26. The number of hydrogen-bond acceptors (Lipinski definition) is 3. The van der Waals surface area contributed by atoms with Crippen molar-refractivity contribution < 1.29 is 9.53 Å². The molecule has 0 bridgehead atoms. The number of ether oxygens (including phenoxy) is 1. The summed E-state index contributed by atoms with van der Waals surface area (Å²) in [6.07, 6.45) is 0.790. The topological polar surface area (TPSA) is 59.4 Å². The number of aromatic nitrogens is 2. The van der Waals surface area contributed by atoms with Gasteiger partial charge in [-0.1, -0.05) is 42.0 Å². The first-order valence-electron chi connectivity index (χ1n) is 10.3. The van der Waals surface area contributed by atoms with E-state index in [4.69, 9.17) is 4.74 Å². The van der Waals surface area contributed by atoms with Gasteiger partial charge < -0.3 is 15.0 Å². The lowest BCUT2D eigenvalue weighted by Crippen LogP contribution is -2.39. The SMILES string of the molecule is Cc1ccc(COCc2nn(C)c3c2CN(C(=O)Nc2cccc(C)c2)CC3)cc1. The number of hydrogen-bond donors (Lipinski definition) is 1. The summed E-state index contributed by atoms with van der Waals surface area (Å²) >= 11 is 0. The number of nitrogens with one attached hydrogen (secondary N) is 1. The van der Waals surface area contributed by atoms with E-state index in [0.717, 1.165) is 34.5 Å². The number of benzene rings is 2. The Kier molecular flexibility index (Phi) is 5.86. The Labute approximate surface area is 177 Å². The van der Waals surface area contributed by atoms with Gasteiger partial charge in [0.05, 0.1) is 25.5 Å². The van der Waals surface area contributed by atoms with Crippen molar-refractivity contribution in [3.8, 4) is 0 Å². The van der Waals surface area contributed by atoms with Crippen LogP contribution in [-0.2, 0) is 38.0 Å². The number of carbonyl (C=O) groups is 1. The number of anilines is 1.